The molecule has 1 aromatic carbocycles. The van der Waals surface area contributed by atoms with E-state index < -0.39 is 34.9 Å². The van der Waals surface area contributed by atoms with Crippen molar-refractivity contribution in [2.75, 3.05) is 13.2 Å². The van der Waals surface area contributed by atoms with E-state index >= 15 is 0 Å². The van der Waals surface area contributed by atoms with Crippen LogP contribution in [0.2, 0.25) is 0 Å². The van der Waals surface area contributed by atoms with Gasteiger partial charge in [-0.25, -0.2) is 13.8 Å². The van der Waals surface area contributed by atoms with E-state index in [0.717, 1.165) is 6.07 Å². The number of benzene rings is 1. The summed E-state index contributed by atoms with van der Waals surface area (Å²) in [6, 6.07) is 3.39. The highest BCUT2D eigenvalue weighted by molar-refractivity contribution is 7.15. The van der Waals surface area contributed by atoms with Crippen molar-refractivity contribution >= 4 is 17.2 Å². The van der Waals surface area contributed by atoms with Gasteiger partial charge in [0.15, 0.2) is 17.7 Å². The molecule has 0 aliphatic carbocycles. The number of thiazole rings is 1. The number of pyridine rings is 1. The lowest BCUT2D eigenvalue weighted by Crippen LogP contribution is -2.45. The highest BCUT2D eigenvalue weighted by atomic mass is 32.1. The summed E-state index contributed by atoms with van der Waals surface area (Å²) in [7, 11) is 0. The molecule has 2 aromatic heterocycles. The predicted octanol–water partition coefficient (Wildman–Crippen LogP) is 2.67. The normalized spacial score (nSPS) is 17.7. The molecule has 160 valence electrons. The quantitative estimate of drug-likeness (QED) is 0.670. The second kappa shape index (κ2) is 7.24. The van der Waals surface area contributed by atoms with E-state index in [1.165, 1.54) is 39.1 Å². The van der Waals surface area contributed by atoms with E-state index in [1.54, 1.807) is 6.92 Å². The number of aryl methyl sites for hydroxylation is 1. The summed E-state index contributed by atoms with van der Waals surface area (Å²) in [5.41, 5.74) is 0.323. The number of nitrogens with zero attached hydrogens (tertiary/aromatic N) is 3. The molecular weight excluding hydrogens is 428 g/mol. The van der Waals surface area contributed by atoms with Gasteiger partial charge in [0.2, 0.25) is 5.43 Å². The standard InChI is InChI=1S/C21H17F2N3O4S/c1-10-15(6-11-2-3-12(22)7-14(11)23)31-20(24-10)13-8-25-9-16-26(4-5-30-16)21(29)17(25)19(28)18(13)27/h2-3,7-8,16,28H,4-6,9H2,1H3/t16-/m1/s1. The topological polar surface area (TPSA) is 84.7 Å². The number of carbonyl (C=O) groups excluding carboxylic acids is 1. The predicted molar refractivity (Wildman–Crippen MR) is 108 cm³/mol. The second-order valence-corrected chi connectivity index (χ2v) is 8.57. The first-order valence-corrected chi connectivity index (χ1v) is 10.4. The van der Waals surface area contributed by atoms with Gasteiger partial charge in [-0.15, -0.1) is 11.3 Å². The third-order valence-electron chi connectivity index (χ3n) is 5.55. The summed E-state index contributed by atoms with van der Waals surface area (Å²) in [4.78, 5) is 32.2. The molecule has 2 aliphatic heterocycles. The van der Waals surface area contributed by atoms with Gasteiger partial charge in [0.05, 0.1) is 24.4 Å². The van der Waals surface area contributed by atoms with Crippen LogP contribution in [0.25, 0.3) is 10.6 Å². The fourth-order valence-electron chi connectivity index (χ4n) is 3.92. The minimum Gasteiger partial charge on any atom is -0.503 e. The molecule has 10 heteroatoms. The van der Waals surface area contributed by atoms with Crippen LogP contribution >= 0.6 is 11.3 Å². The van der Waals surface area contributed by atoms with Crippen LogP contribution in [-0.4, -0.2) is 44.8 Å². The fraction of sp³-hybridized carbons (Fsp3) is 0.286. The Labute approximate surface area is 179 Å². The summed E-state index contributed by atoms with van der Waals surface area (Å²) in [5.74, 6) is -2.37. The Kier molecular flexibility index (Phi) is 4.63. The van der Waals surface area contributed by atoms with E-state index in [9.17, 15) is 23.5 Å². The van der Waals surface area contributed by atoms with Crippen LogP contribution in [0.5, 0.6) is 5.75 Å². The number of rotatable bonds is 3. The number of ether oxygens (including phenoxy) is 1. The number of hydrogen-bond acceptors (Lipinski definition) is 6. The number of carbonyl (C=O) groups is 1. The van der Waals surface area contributed by atoms with Crippen LogP contribution in [0.4, 0.5) is 8.78 Å². The Hall–Kier alpha value is -3.11. The number of hydrogen-bond donors (Lipinski definition) is 1. The zero-order valence-electron chi connectivity index (χ0n) is 16.4. The van der Waals surface area contributed by atoms with Gasteiger partial charge < -0.3 is 19.3 Å². The number of aromatic hydroxyl groups is 1. The Morgan fingerprint density at radius 3 is 2.90 bits per heavy atom. The van der Waals surface area contributed by atoms with Gasteiger partial charge in [-0.1, -0.05) is 6.07 Å². The Morgan fingerprint density at radius 2 is 2.13 bits per heavy atom. The van der Waals surface area contributed by atoms with Crippen molar-refractivity contribution in [3.63, 3.8) is 0 Å². The highest BCUT2D eigenvalue weighted by Gasteiger charge is 2.39. The lowest BCUT2D eigenvalue weighted by molar-refractivity contribution is 0.00858. The molecule has 0 saturated carbocycles. The van der Waals surface area contributed by atoms with Gasteiger partial charge in [0.25, 0.3) is 5.91 Å². The molecule has 1 N–H and O–H groups in total. The third kappa shape index (κ3) is 3.22. The minimum absolute atomic E-state index is 0.0580. The third-order valence-corrected chi connectivity index (χ3v) is 6.74. The zero-order chi connectivity index (χ0) is 21.9. The van der Waals surface area contributed by atoms with Gasteiger partial charge in [0, 0.05) is 30.1 Å². The maximum absolute atomic E-state index is 14.1. The van der Waals surface area contributed by atoms with Gasteiger partial charge in [-0.05, 0) is 18.6 Å². The molecule has 7 nitrogen and oxygen atoms in total. The molecule has 1 saturated heterocycles. The SMILES string of the molecule is Cc1nc(-c2cn3c(c(O)c2=O)C(=O)N2CCO[C@@H]2C3)sc1Cc1ccc(F)cc1F. The van der Waals surface area contributed by atoms with Crippen LogP contribution < -0.4 is 5.43 Å². The molecule has 0 bridgehead atoms. The first-order chi connectivity index (χ1) is 14.8. The molecule has 1 atom stereocenters. The van der Waals surface area contributed by atoms with Crippen molar-refractivity contribution in [3.8, 4) is 16.3 Å². The number of amides is 1. The maximum Gasteiger partial charge on any atom is 0.276 e. The van der Waals surface area contributed by atoms with E-state index in [-0.39, 0.29) is 17.7 Å². The van der Waals surface area contributed by atoms with E-state index in [4.69, 9.17) is 4.74 Å². The number of aromatic nitrogens is 2. The molecule has 1 fully saturated rings. The van der Waals surface area contributed by atoms with E-state index in [0.29, 0.717) is 40.8 Å². The van der Waals surface area contributed by atoms with Gasteiger partial charge in [0.1, 0.15) is 16.6 Å². The summed E-state index contributed by atoms with van der Waals surface area (Å²) in [6.07, 6.45) is 1.26. The van der Waals surface area contributed by atoms with Gasteiger partial charge >= 0.3 is 0 Å². The first-order valence-electron chi connectivity index (χ1n) is 9.63. The average molecular weight is 445 g/mol. The van der Waals surface area contributed by atoms with Crippen LogP contribution in [0.3, 0.4) is 0 Å². The van der Waals surface area contributed by atoms with Crippen molar-refractivity contribution in [2.45, 2.75) is 26.1 Å². The smallest absolute Gasteiger partial charge is 0.276 e. The Balaban J connectivity index is 1.54. The lowest BCUT2D eigenvalue weighted by atomic mass is 10.1. The van der Waals surface area contributed by atoms with Crippen LogP contribution in [0.1, 0.15) is 26.6 Å². The molecular formula is C21H17F2N3O4S. The first kappa shape index (κ1) is 19.8. The molecule has 1 amide bonds. The minimum atomic E-state index is -0.688. The summed E-state index contributed by atoms with van der Waals surface area (Å²) < 4.78 is 34.3. The van der Waals surface area contributed by atoms with Crippen LogP contribution in [0, 0.1) is 18.6 Å². The molecule has 0 spiro atoms. The molecule has 2 aliphatic rings. The fourth-order valence-corrected chi connectivity index (χ4v) is 5.02. The monoisotopic (exact) mass is 445 g/mol. The van der Waals surface area contributed by atoms with Crippen molar-refractivity contribution < 1.29 is 23.4 Å². The Morgan fingerprint density at radius 1 is 1.32 bits per heavy atom. The van der Waals surface area contributed by atoms with Crippen molar-refractivity contribution in [1.29, 1.82) is 0 Å². The zero-order valence-corrected chi connectivity index (χ0v) is 17.2. The number of fused-ring (bicyclic) bond motifs is 2. The maximum atomic E-state index is 14.1. The van der Waals surface area contributed by atoms with Crippen molar-refractivity contribution in [2.24, 2.45) is 0 Å². The van der Waals surface area contributed by atoms with Crippen molar-refractivity contribution in [1.82, 2.24) is 14.5 Å². The van der Waals surface area contributed by atoms with E-state index in [1.807, 2.05) is 0 Å². The molecule has 0 unspecified atom stereocenters. The van der Waals surface area contributed by atoms with Crippen molar-refractivity contribution in [3.05, 3.63) is 68.1 Å². The summed E-state index contributed by atoms with van der Waals surface area (Å²) >= 11 is 1.19. The van der Waals surface area contributed by atoms with Gasteiger partial charge in [-0.2, -0.15) is 0 Å². The number of halogens is 2. The molecule has 4 heterocycles. The molecule has 3 aromatic rings. The van der Waals surface area contributed by atoms with Crippen LogP contribution in [0.15, 0.2) is 29.2 Å². The molecule has 31 heavy (non-hydrogen) atoms. The molecule has 5 rings (SSSR count). The highest BCUT2D eigenvalue weighted by Crippen LogP contribution is 2.32. The van der Waals surface area contributed by atoms with Crippen LogP contribution in [-0.2, 0) is 17.7 Å². The summed E-state index contributed by atoms with van der Waals surface area (Å²) in [6.45, 7) is 2.84. The average Bonchev–Trinajstić information content (AvgIpc) is 3.33. The summed E-state index contributed by atoms with van der Waals surface area (Å²) in [5, 5.41) is 10.9. The largest absolute Gasteiger partial charge is 0.503 e. The molecule has 0 radical (unpaired) electrons. The van der Waals surface area contributed by atoms with Gasteiger partial charge in [-0.3, -0.25) is 9.59 Å². The van der Waals surface area contributed by atoms with E-state index in [2.05, 4.69) is 4.98 Å². The second-order valence-electron chi connectivity index (χ2n) is 7.49. The Bertz CT molecular complexity index is 1290. The lowest BCUT2D eigenvalue weighted by Gasteiger charge is -2.31.